The highest BCUT2D eigenvalue weighted by Gasteiger charge is 2.22. The Morgan fingerprint density at radius 1 is 1.26 bits per heavy atom. The van der Waals surface area contributed by atoms with Crippen molar-refractivity contribution in [2.24, 2.45) is 0 Å². The van der Waals surface area contributed by atoms with Crippen LogP contribution < -0.4 is 5.32 Å². The molecule has 2 saturated heterocycles. The Hall–Kier alpha value is -0.630. The highest BCUT2D eigenvalue weighted by atomic mass is 79.9. The highest BCUT2D eigenvalue weighted by Crippen LogP contribution is 2.23. The van der Waals surface area contributed by atoms with Crippen LogP contribution in [0.5, 0.6) is 0 Å². The Bertz CT molecular complexity index is 498. The van der Waals surface area contributed by atoms with Gasteiger partial charge in [0, 0.05) is 58.4 Å². The van der Waals surface area contributed by atoms with Crippen LogP contribution in [-0.4, -0.2) is 71.3 Å². The molecule has 1 aromatic rings. The van der Waals surface area contributed by atoms with Crippen LogP contribution in [0.3, 0.4) is 0 Å². The molecule has 0 saturated carbocycles. The number of aromatic nitrogens is 2. The molecular formula is C15H25BrClN5O. The summed E-state index contributed by atoms with van der Waals surface area (Å²) >= 11 is 3.45. The van der Waals surface area contributed by atoms with Crippen LogP contribution in [0, 0.1) is 0 Å². The van der Waals surface area contributed by atoms with E-state index in [1.807, 2.05) is 17.3 Å². The number of likely N-dealkylation sites (tertiary alicyclic amines) is 1. The second-order valence-corrected chi connectivity index (χ2v) is 7.01. The van der Waals surface area contributed by atoms with Crippen molar-refractivity contribution < 1.29 is 4.79 Å². The van der Waals surface area contributed by atoms with Gasteiger partial charge in [-0.25, -0.2) is 0 Å². The molecule has 8 heteroatoms. The maximum absolute atomic E-state index is 12.2. The van der Waals surface area contributed by atoms with Gasteiger partial charge in [-0.1, -0.05) is 0 Å². The van der Waals surface area contributed by atoms with Crippen LogP contribution in [0.4, 0.5) is 0 Å². The first-order chi connectivity index (χ1) is 10.7. The minimum absolute atomic E-state index is 0. The molecule has 3 heterocycles. The number of nitrogens with zero attached hydrogens (tertiary/aromatic N) is 4. The number of halogens is 2. The zero-order valence-electron chi connectivity index (χ0n) is 13.3. The van der Waals surface area contributed by atoms with Crippen LogP contribution >= 0.6 is 28.3 Å². The Kier molecular flexibility index (Phi) is 7.33. The monoisotopic (exact) mass is 405 g/mol. The largest absolute Gasteiger partial charge is 0.340 e. The molecule has 2 aliphatic heterocycles. The molecule has 1 N–H and O–H groups in total. The zero-order chi connectivity index (χ0) is 15.4. The van der Waals surface area contributed by atoms with E-state index in [0.29, 0.717) is 18.4 Å². The first kappa shape index (κ1) is 18.7. The van der Waals surface area contributed by atoms with E-state index in [4.69, 9.17) is 0 Å². The van der Waals surface area contributed by atoms with Crippen molar-refractivity contribution in [2.45, 2.75) is 25.3 Å². The van der Waals surface area contributed by atoms with Gasteiger partial charge in [0.15, 0.2) is 0 Å². The van der Waals surface area contributed by atoms with E-state index < -0.39 is 0 Å². The number of amides is 1. The van der Waals surface area contributed by atoms with Crippen molar-refractivity contribution in [2.75, 3.05) is 45.8 Å². The summed E-state index contributed by atoms with van der Waals surface area (Å²) in [6.07, 6.45) is 6.76. The first-order valence-corrected chi connectivity index (χ1v) is 8.92. The van der Waals surface area contributed by atoms with Crippen molar-refractivity contribution in [3.8, 4) is 0 Å². The lowest BCUT2D eigenvalue weighted by molar-refractivity contribution is -0.132. The van der Waals surface area contributed by atoms with Crippen LogP contribution in [-0.2, 0) is 4.79 Å². The molecule has 0 radical (unpaired) electrons. The van der Waals surface area contributed by atoms with Crippen LogP contribution in [0.25, 0.3) is 0 Å². The van der Waals surface area contributed by atoms with Gasteiger partial charge in [-0.05, 0) is 28.8 Å². The fourth-order valence-corrected chi connectivity index (χ4v) is 3.55. The van der Waals surface area contributed by atoms with Crippen molar-refractivity contribution in [1.29, 1.82) is 0 Å². The lowest BCUT2D eigenvalue weighted by Gasteiger charge is -2.33. The quantitative estimate of drug-likeness (QED) is 0.824. The van der Waals surface area contributed by atoms with Crippen LogP contribution in [0.15, 0.2) is 16.9 Å². The van der Waals surface area contributed by atoms with Gasteiger partial charge in [0.1, 0.15) is 0 Å². The van der Waals surface area contributed by atoms with Crippen molar-refractivity contribution in [3.05, 3.63) is 16.9 Å². The average Bonchev–Trinajstić information content (AvgIpc) is 3.00. The van der Waals surface area contributed by atoms with E-state index in [1.54, 1.807) is 0 Å². The molecule has 3 rings (SSSR count). The number of nitrogens with one attached hydrogen (secondary N) is 1. The molecule has 6 nitrogen and oxygen atoms in total. The molecule has 0 aliphatic carbocycles. The molecule has 2 fully saturated rings. The summed E-state index contributed by atoms with van der Waals surface area (Å²) in [5.74, 6) is 0.305. The third kappa shape index (κ3) is 5.17. The summed E-state index contributed by atoms with van der Waals surface area (Å²) in [5, 5.41) is 7.67. The number of carbonyl (C=O) groups is 1. The predicted octanol–water partition coefficient (Wildman–Crippen LogP) is 1.53. The second-order valence-electron chi connectivity index (χ2n) is 6.09. The summed E-state index contributed by atoms with van der Waals surface area (Å²) in [6, 6.07) is 0.492. The van der Waals surface area contributed by atoms with E-state index in [-0.39, 0.29) is 12.4 Å². The molecule has 0 atom stereocenters. The van der Waals surface area contributed by atoms with Crippen LogP contribution in [0.2, 0.25) is 0 Å². The normalized spacial score (nSPS) is 20.3. The smallest absolute Gasteiger partial charge is 0.223 e. The summed E-state index contributed by atoms with van der Waals surface area (Å²) in [4.78, 5) is 16.6. The summed E-state index contributed by atoms with van der Waals surface area (Å²) in [6.45, 7) is 6.56. The number of piperazine rings is 1. The van der Waals surface area contributed by atoms with Gasteiger partial charge in [0.05, 0.1) is 16.7 Å². The van der Waals surface area contributed by atoms with Gasteiger partial charge in [0.2, 0.25) is 5.91 Å². The number of piperidine rings is 1. The lowest BCUT2D eigenvalue weighted by Crippen LogP contribution is -2.47. The molecule has 1 aromatic heterocycles. The Morgan fingerprint density at radius 3 is 2.57 bits per heavy atom. The van der Waals surface area contributed by atoms with Crippen molar-refractivity contribution in [3.63, 3.8) is 0 Å². The molecule has 130 valence electrons. The predicted molar refractivity (Wildman–Crippen MR) is 96.0 cm³/mol. The first-order valence-electron chi connectivity index (χ1n) is 8.13. The summed E-state index contributed by atoms with van der Waals surface area (Å²) in [5.41, 5.74) is 0. The van der Waals surface area contributed by atoms with E-state index in [2.05, 4.69) is 35.9 Å². The van der Waals surface area contributed by atoms with Crippen molar-refractivity contribution >= 4 is 34.2 Å². The molecule has 0 bridgehead atoms. The van der Waals surface area contributed by atoms with Gasteiger partial charge in [-0.2, -0.15) is 5.10 Å². The standard InChI is InChI=1S/C15H24BrN5O.ClH/c16-13-11-18-21(12-13)14-1-6-19(7-2-14)8-3-15(22)20-9-4-17-5-10-20;/h11-12,14,17H,1-10H2;1H. The van der Waals surface area contributed by atoms with E-state index >= 15 is 0 Å². The molecule has 1 amide bonds. The number of hydrogen-bond acceptors (Lipinski definition) is 4. The molecule has 23 heavy (non-hydrogen) atoms. The number of carbonyl (C=O) groups excluding carboxylic acids is 1. The third-order valence-electron chi connectivity index (χ3n) is 4.61. The van der Waals surface area contributed by atoms with E-state index in [9.17, 15) is 4.79 Å². The SMILES string of the molecule is Cl.O=C(CCN1CCC(n2cc(Br)cn2)CC1)N1CCNCC1. The number of rotatable bonds is 4. The van der Waals surface area contributed by atoms with Gasteiger partial charge >= 0.3 is 0 Å². The fourth-order valence-electron chi connectivity index (χ4n) is 3.25. The number of hydrogen-bond donors (Lipinski definition) is 1. The lowest BCUT2D eigenvalue weighted by atomic mass is 10.1. The third-order valence-corrected chi connectivity index (χ3v) is 5.02. The molecule has 0 aromatic carbocycles. The molecule has 0 spiro atoms. The minimum Gasteiger partial charge on any atom is -0.340 e. The van der Waals surface area contributed by atoms with Gasteiger partial charge < -0.3 is 15.1 Å². The average molecular weight is 407 g/mol. The summed E-state index contributed by atoms with van der Waals surface area (Å²) in [7, 11) is 0. The summed E-state index contributed by atoms with van der Waals surface area (Å²) < 4.78 is 3.10. The van der Waals surface area contributed by atoms with Gasteiger partial charge in [-0.15, -0.1) is 12.4 Å². The zero-order valence-corrected chi connectivity index (χ0v) is 15.7. The van der Waals surface area contributed by atoms with Crippen molar-refractivity contribution in [1.82, 2.24) is 24.9 Å². The Balaban J connectivity index is 0.00000192. The Labute approximate surface area is 152 Å². The molecule has 2 aliphatic rings. The maximum Gasteiger partial charge on any atom is 0.223 e. The highest BCUT2D eigenvalue weighted by molar-refractivity contribution is 9.10. The molecular weight excluding hydrogens is 382 g/mol. The van der Waals surface area contributed by atoms with Crippen LogP contribution in [0.1, 0.15) is 25.3 Å². The van der Waals surface area contributed by atoms with Gasteiger partial charge in [0.25, 0.3) is 0 Å². The Morgan fingerprint density at radius 2 is 1.96 bits per heavy atom. The topological polar surface area (TPSA) is 53.4 Å². The van der Waals surface area contributed by atoms with E-state index in [0.717, 1.165) is 63.1 Å². The van der Waals surface area contributed by atoms with Gasteiger partial charge in [-0.3, -0.25) is 9.48 Å². The minimum atomic E-state index is 0. The van der Waals surface area contributed by atoms with E-state index in [1.165, 1.54) is 0 Å². The second kappa shape index (κ2) is 9.01. The fraction of sp³-hybridized carbons (Fsp3) is 0.733. The molecule has 0 unspecified atom stereocenters. The maximum atomic E-state index is 12.2.